The molecule has 0 radical (unpaired) electrons. The molecule has 0 saturated carbocycles. The van der Waals surface area contributed by atoms with Crippen molar-refractivity contribution in [3.05, 3.63) is 69.6 Å². The minimum atomic E-state index is -0.824. The minimum absolute atomic E-state index is 0.0157. The maximum absolute atomic E-state index is 14.9. The number of halogens is 2. The molecule has 3 rings (SSSR count). The van der Waals surface area contributed by atoms with Crippen molar-refractivity contribution in [1.82, 2.24) is 9.78 Å². The van der Waals surface area contributed by atoms with Crippen LogP contribution in [0.5, 0.6) is 0 Å². The minimum Gasteiger partial charge on any atom is -0.465 e. The van der Waals surface area contributed by atoms with Crippen LogP contribution in [0.15, 0.2) is 46.9 Å². The van der Waals surface area contributed by atoms with Gasteiger partial charge in [0.25, 0.3) is 0 Å². The van der Waals surface area contributed by atoms with Crippen molar-refractivity contribution in [2.45, 2.75) is 6.92 Å². The maximum atomic E-state index is 14.9. The van der Waals surface area contributed by atoms with Crippen molar-refractivity contribution in [2.24, 2.45) is 0 Å². The summed E-state index contributed by atoms with van der Waals surface area (Å²) in [6.07, 6.45) is 0. The SMILES string of the molecule is COC(=O)c1c(-c2cc(C)cc(Br)c2F)nn(-c2ccccc2)c1C(=O)OC. The lowest BCUT2D eigenvalue weighted by Gasteiger charge is -2.07. The van der Waals surface area contributed by atoms with Gasteiger partial charge in [0.05, 0.1) is 24.4 Å². The first-order valence-electron chi connectivity index (χ1n) is 8.20. The summed E-state index contributed by atoms with van der Waals surface area (Å²) in [5, 5.41) is 4.39. The van der Waals surface area contributed by atoms with Crippen molar-refractivity contribution in [3.8, 4) is 16.9 Å². The molecule has 3 aromatic rings. The van der Waals surface area contributed by atoms with Gasteiger partial charge in [-0.2, -0.15) is 5.10 Å². The number of carbonyl (C=O) groups excluding carboxylic acids is 2. The molecular formula is C20H16BrFN2O4. The quantitative estimate of drug-likeness (QED) is 0.558. The summed E-state index contributed by atoms with van der Waals surface area (Å²) in [7, 11) is 2.37. The van der Waals surface area contributed by atoms with Crippen LogP contribution in [0.25, 0.3) is 16.9 Å². The van der Waals surface area contributed by atoms with Crippen molar-refractivity contribution in [1.29, 1.82) is 0 Å². The number of ether oxygens (including phenoxy) is 2. The molecule has 0 aliphatic carbocycles. The zero-order valence-electron chi connectivity index (χ0n) is 15.3. The number of hydrogen-bond donors (Lipinski definition) is 0. The van der Waals surface area contributed by atoms with E-state index in [2.05, 4.69) is 21.0 Å². The van der Waals surface area contributed by atoms with Crippen LogP contribution in [0.3, 0.4) is 0 Å². The molecule has 1 aromatic heterocycles. The van der Waals surface area contributed by atoms with Gasteiger partial charge >= 0.3 is 11.9 Å². The molecule has 28 heavy (non-hydrogen) atoms. The van der Waals surface area contributed by atoms with E-state index in [0.29, 0.717) is 5.69 Å². The molecule has 0 unspecified atom stereocenters. The summed E-state index contributed by atoms with van der Waals surface area (Å²) >= 11 is 3.17. The third-order valence-corrected chi connectivity index (χ3v) is 4.66. The summed E-state index contributed by atoms with van der Waals surface area (Å²) in [4.78, 5) is 25.1. The van der Waals surface area contributed by atoms with Crippen LogP contribution in [0.4, 0.5) is 4.39 Å². The highest BCUT2D eigenvalue weighted by atomic mass is 79.9. The first-order valence-corrected chi connectivity index (χ1v) is 8.99. The lowest BCUT2D eigenvalue weighted by Crippen LogP contribution is -2.15. The number of benzene rings is 2. The summed E-state index contributed by atoms with van der Waals surface area (Å²) in [5.41, 5.74) is 0.978. The fourth-order valence-corrected chi connectivity index (χ4v) is 3.41. The molecule has 2 aromatic carbocycles. The van der Waals surface area contributed by atoms with Crippen LogP contribution >= 0.6 is 15.9 Å². The molecule has 0 fully saturated rings. The Hall–Kier alpha value is -3.00. The third-order valence-electron chi connectivity index (χ3n) is 4.08. The molecule has 0 saturated heterocycles. The average molecular weight is 447 g/mol. The Bertz CT molecular complexity index is 1060. The second kappa shape index (κ2) is 7.93. The zero-order valence-corrected chi connectivity index (χ0v) is 16.9. The van der Waals surface area contributed by atoms with E-state index in [1.807, 2.05) is 0 Å². The number of aryl methyl sites for hydroxylation is 1. The number of nitrogens with zero attached hydrogens (tertiary/aromatic N) is 2. The Labute approximate surface area is 169 Å². The number of methoxy groups -OCH3 is 2. The van der Waals surface area contributed by atoms with Gasteiger partial charge in [-0.05, 0) is 52.7 Å². The van der Waals surface area contributed by atoms with Gasteiger partial charge in [0.15, 0.2) is 5.69 Å². The first kappa shape index (κ1) is 19.8. The molecule has 6 nitrogen and oxygen atoms in total. The molecule has 144 valence electrons. The first-order chi connectivity index (χ1) is 13.4. The second-order valence-electron chi connectivity index (χ2n) is 5.91. The Morgan fingerprint density at radius 1 is 1.07 bits per heavy atom. The number of para-hydroxylation sites is 1. The van der Waals surface area contributed by atoms with Gasteiger partial charge in [-0.15, -0.1) is 0 Å². The number of esters is 2. The summed E-state index contributed by atoms with van der Waals surface area (Å²) in [6, 6.07) is 11.8. The zero-order chi connectivity index (χ0) is 20.4. The van der Waals surface area contributed by atoms with Crippen molar-refractivity contribution in [2.75, 3.05) is 14.2 Å². The van der Waals surface area contributed by atoms with Crippen molar-refractivity contribution < 1.29 is 23.5 Å². The summed E-state index contributed by atoms with van der Waals surface area (Å²) < 4.78 is 26.0. The molecule has 0 N–H and O–H groups in total. The van der Waals surface area contributed by atoms with E-state index in [1.54, 1.807) is 49.4 Å². The Morgan fingerprint density at radius 3 is 2.32 bits per heavy atom. The van der Waals surface area contributed by atoms with Crippen LogP contribution in [0.2, 0.25) is 0 Å². The Morgan fingerprint density at radius 2 is 1.71 bits per heavy atom. The molecule has 1 heterocycles. The lowest BCUT2D eigenvalue weighted by atomic mass is 10.0. The molecule has 0 aliphatic rings. The number of aromatic nitrogens is 2. The average Bonchev–Trinajstić information content (AvgIpc) is 3.10. The third kappa shape index (κ3) is 3.43. The van der Waals surface area contributed by atoms with Crippen LogP contribution in [-0.4, -0.2) is 35.9 Å². The lowest BCUT2D eigenvalue weighted by molar-refractivity contribution is 0.0549. The van der Waals surface area contributed by atoms with Gasteiger partial charge in [-0.3, -0.25) is 0 Å². The Balaban J connectivity index is 2.43. The van der Waals surface area contributed by atoms with Gasteiger partial charge in [-0.1, -0.05) is 18.2 Å². The van der Waals surface area contributed by atoms with Crippen LogP contribution in [0, 0.1) is 12.7 Å². The fourth-order valence-electron chi connectivity index (χ4n) is 2.84. The monoisotopic (exact) mass is 446 g/mol. The van der Waals surface area contributed by atoms with Gasteiger partial charge in [0.2, 0.25) is 0 Å². The molecule has 0 atom stereocenters. The highest BCUT2D eigenvalue weighted by molar-refractivity contribution is 9.10. The topological polar surface area (TPSA) is 70.4 Å². The predicted octanol–water partition coefficient (Wildman–Crippen LogP) is 4.32. The smallest absolute Gasteiger partial charge is 0.357 e. The van der Waals surface area contributed by atoms with Gasteiger partial charge in [0.1, 0.15) is 17.1 Å². The van der Waals surface area contributed by atoms with E-state index in [1.165, 1.54) is 18.9 Å². The van der Waals surface area contributed by atoms with Gasteiger partial charge in [-0.25, -0.2) is 18.7 Å². The molecule has 0 bridgehead atoms. The van der Waals surface area contributed by atoms with Gasteiger partial charge < -0.3 is 9.47 Å². The standard InChI is InChI=1S/C20H16BrFN2O4/c1-11-9-13(16(22)14(21)10-11)17-15(19(25)27-2)18(20(26)28-3)24(23-17)12-7-5-4-6-8-12/h4-10H,1-3H3. The second-order valence-corrected chi connectivity index (χ2v) is 6.77. The van der Waals surface area contributed by atoms with Crippen LogP contribution < -0.4 is 0 Å². The number of rotatable bonds is 4. The number of carbonyl (C=O) groups is 2. The van der Waals surface area contributed by atoms with E-state index in [-0.39, 0.29) is 27.0 Å². The van der Waals surface area contributed by atoms with E-state index >= 15 is 0 Å². The fraction of sp³-hybridized carbons (Fsp3) is 0.150. The molecule has 0 spiro atoms. The summed E-state index contributed by atoms with van der Waals surface area (Å²) in [6.45, 7) is 1.78. The Kier molecular flexibility index (Phi) is 5.60. The van der Waals surface area contributed by atoms with Crippen molar-refractivity contribution >= 4 is 27.9 Å². The van der Waals surface area contributed by atoms with E-state index < -0.39 is 17.8 Å². The highest BCUT2D eigenvalue weighted by Gasteiger charge is 2.32. The summed E-state index contributed by atoms with van der Waals surface area (Å²) in [5.74, 6) is -2.23. The predicted molar refractivity (Wildman–Crippen MR) is 104 cm³/mol. The van der Waals surface area contributed by atoms with Crippen LogP contribution in [0.1, 0.15) is 26.4 Å². The molecular weight excluding hydrogens is 431 g/mol. The molecule has 8 heteroatoms. The molecule has 0 amide bonds. The maximum Gasteiger partial charge on any atom is 0.357 e. The van der Waals surface area contributed by atoms with E-state index in [4.69, 9.17) is 9.47 Å². The molecule has 0 aliphatic heterocycles. The van der Waals surface area contributed by atoms with E-state index in [9.17, 15) is 14.0 Å². The van der Waals surface area contributed by atoms with Crippen molar-refractivity contribution in [3.63, 3.8) is 0 Å². The van der Waals surface area contributed by atoms with Crippen LogP contribution in [-0.2, 0) is 9.47 Å². The highest BCUT2D eigenvalue weighted by Crippen LogP contribution is 2.34. The normalized spacial score (nSPS) is 10.6. The number of hydrogen-bond acceptors (Lipinski definition) is 5. The largest absolute Gasteiger partial charge is 0.465 e. The van der Waals surface area contributed by atoms with E-state index in [0.717, 1.165) is 5.56 Å². The van der Waals surface area contributed by atoms with Gasteiger partial charge in [0, 0.05) is 5.56 Å².